The highest BCUT2D eigenvalue weighted by molar-refractivity contribution is 7.98. The number of amides is 10. The highest BCUT2D eigenvalue weighted by Crippen LogP contribution is 2.25. The molecule has 5 rings (SSSR count). The molecule has 0 aliphatic carbocycles. The van der Waals surface area contributed by atoms with Crippen molar-refractivity contribution in [3.8, 4) is 0 Å². The van der Waals surface area contributed by atoms with Crippen molar-refractivity contribution in [3.05, 3.63) is 93.7 Å². The molecule has 106 heavy (non-hydrogen) atoms. The van der Waals surface area contributed by atoms with Crippen LogP contribution < -0.4 is 59.7 Å². The number of fused-ring (bicyclic) bond motifs is 1. The molecule has 1 aliphatic rings. The first kappa shape index (κ1) is 86.2. The topological polar surface area (TPSA) is 564 Å². The number of nitro benzene ring substituents is 1. The predicted octanol–water partition coefficient (Wildman–Crippen LogP) is -3.32. The lowest BCUT2D eigenvalue weighted by atomic mass is 10.0. The van der Waals surface area contributed by atoms with Gasteiger partial charge in [0, 0.05) is 119 Å². The van der Waals surface area contributed by atoms with Crippen molar-refractivity contribution in [1.82, 2.24) is 76.7 Å². The Morgan fingerprint density at radius 1 is 0.632 bits per heavy atom. The minimum Gasteiger partial charge on any atom is -0.480 e. The third-order valence-electron chi connectivity index (χ3n) is 17.2. The van der Waals surface area contributed by atoms with Crippen molar-refractivity contribution in [1.29, 1.82) is 0 Å². The molecule has 0 saturated carbocycles. The first-order valence-electron chi connectivity index (χ1n) is 34.2. The number of hydrogen-bond donors (Lipinski definition) is 15. The lowest BCUT2D eigenvalue weighted by Crippen LogP contribution is -2.59. The minimum atomic E-state index is -1.66. The molecule has 1 fully saturated rings. The third kappa shape index (κ3) is 28.5. The molecule has 18 N–H and O–H groups in total. The number of benzene rings is 2. The first-order chi connectivity index (χ1) is 50.1. The van der Waals surface area contributed by atoms with E-state index in [2.05, 4.69) is 52.5 Å². The van der Waals surface area contributed by atoms with Gasteiger partial charge in [0.1, 0.15) is 36.3 Å². The quantitative estimate of drug-likeness (QED) is 0.0153. The second-order valence-corrected chi connectivity index (χ2v) is 27.4. The van der Waals surface area contributed by atoms with Gasteiger partial charge in [-0.2, -0.15) is 11.8 Å². The molecule has 1 saturated heterocycles. The molecule has 3 heterocycles. The second kappa shape index (κ2) is 42.5. The number of rotatable bonds is 40. The summed E-state index contributed by atoms with van der Waals surface area (Å²) >= 11 is 1.44. The van der Waals surface area contributed by atoms with Crippen molar-refractivity contribution in [2.75, 3.05) is 97.1 Å². The lowest BCUT2D eigenvalue weighted by molar-refractivity contribution is -0.385. The first-order valence-corrected chi connectivity index (χ1v) is 35.6. The number of nitrogens with zero attached hydrogens (tertiary/aromatic N) is 7. The summed E-state index contributed by atoms with van der Waals surface area (Å²) in [7, 11) is 0. The standard InChI is InChI=1S/C67H97N19O19S/c1-38(2)25-48(64(100)77-47(60(70)96)15-24-106-6)79-65(101)50(28-44-30-71-37-74-44)76-54(88)31-73-66(102)59(39(3)4)80-61(97)40(5)75-63(99)49(26-43-32-85(51-10-8-7-9-45(43)51)67(103)46(68)13-14-53(69)87)78-62(98)41-11-12-42(52(27-41)86(104)105)29-72-55(89)33-81-16-18-82(34-56(90)91)20-22-84(36-58(94)95)23-21-83(19-17-81)35-57(92)93/h7-12,27,30,32,37-40,46-50,59H,13-26,28-29,31,33-36,68H2,1-6H3,(H2,69,87)(H2,70,96)(H,71,74)(H,72,89)(H,73,102)(H,75,99)(H,76,88)(H,77,100)(H,78,98)(H,79,101)(H,80,97)(H,90,91)(H,92,93)(H,94,95)/t40-,46-,47-,48-,49-,50-,59-/m0/s1. The fourth-order valence-corrected chi connectivity index (χ4v) is 11.9. The van der Waals surface area contributed by atoms with Crippen molar-refractivity contribution in [3.63, 3.8) is 0 Å². The number of nitro groups is 1. The third-order valence-corrected chi connectivity index (χ3v) is 17.8. The van der Waals surface area contributed by atoms with E-state index in [4.69, 9.17) is 17.2 Å². The van der Waals surface area contributed by atoms with Gasteiger partial charge in [0.15, 0.2) is 0 Å². The molecular weight excluding hydrogens is 1410 g/mol. The normalized spacial score (nSPS) is 15.5. The molecule has 0 radical (unpaired) electrons. The zero-order chi connectivity index (χ0) is 78.5. The molecule has 2 aromatic heterocycles. The summed E-state index contributed by atoms with van der Waals surface area (Å²) in [6, 6.07) is 0.469. The molecule has 2 aromatic carbocycles. The van der Waals surface area contributed by atoms with Gasteiger partial charge in [0.2, 0.25) is 59.1 Å². The van der Waals surface area contributed by atoms with E-state index in [0.717, 1.165) is 6.07 Å². The molecule has 580 valence electrons. The Hall–Kier alpha value is -10.5. The fraction of sp³-hybridized carbons (Fsp3) is 0.537. The van der Waals surface area contributed by atoms with Crippen LogP contribution in [0.25, 0.3) is 10.9 Å². The van der Waals surface area contributed by atoms with Gasteiger partial charge in [0.25, 0.3) is 11.6 Å². The van der Waals surface area contributed by atoms with E-state index in [-0.39, 0.29) is 120 Å². The van der Waals surface area contributed by atoms with Crippen molar-refractivity contribution in [2.24, 2.45) is 29.0 Å². The number of aliphatic carboxylic acids is 3. The molecular formula is C67H97N19O19S. The number of imidazole rings is 1. The Balaban J connectivity index is 1.35. The summed E-state index contributed by atoms with van der Waals surface area (Å²) in [5.74, 6) is -12.7. The van der Waals surface area contributed by atoms with Crippen molar-refractivity contribution in [2.45, 2.75) is 122 Å². The summed E-state index contributed by atoms with van der Waals surface area (Å²) < 4.78 is 1.21. The van der Waals surface area contributed by atoms with Crippen LogP contribution in [0.1, 0.15) is 92.3 Å². The van der Waals surface area contributed by atoms with E-state index < -0.39 is 174 Å². The van der Waals surface area contributed by atoms with Gasteiger partial charge < -0.3 is 80.0 Å². The summed E-state index contributed by atoms with van der Waals surface area (Å²) in [5, 5.41) is 62.6. The number of aromatic nitrogens is 3. The SMILES string of the molecule is CSCC[C@H](NC(=O)[C@H](CC(C)C)NC(=O)[C@H](Cc1cnc[nH]1)NC(=O)CNC(=O)[C@@H](NC(=O)[C@H](C)NC(=O)[C@H](Cc1cn(C(=O)[C@@H](N)CCC(N)=O)c2ccccc12)NC(=O)c1ccc(CNC(=O)CN2CCN(CC(=O)O)CCN(CC(=O)O)CCN(CC(=O)O)CC2)c([N+](=O)[O-])c1)C(C)C)C(N)=O. The summed E-state index contributed by atoms with van der Waals surface area (Å²) in [4.78, 5) is 210. The molecule has 4 aromatic rings. The van der Waals surface area contributed by atoms with E-state index in [9.17, 15) is 92.6 Å². The van der Waals surface area contributed by atoms with Crippen LogP contribution in [0.15, 0.2) is 61.2 Å². The molecule has 7 atom stereocenters. The molecule has 10 amide bonds. The number of carboxylic acid groups (broad SMARTS) is 3. The van der Waals surface area contributed by atoms with Crippen LogP contribution in [0, 0.1) is 22.0 Å². The number of carbonyl (C=O) groups is 14. The summed E-state index contributed by atoms with van der Waals surface area (Å²) in [6.45, 7) is 6.29. The molecule has 39 heteroatoms. The minimum absolute atomic E-state index is 0.0724. The second-order valence-electron chi connectivity index (χ2n) is 26.4. The Morgan fingerprint density at radius 2 is 1.19 bits per heavy atom. The largest absolute Gasteiger partial charge is 0.480 e. The van der Waals surface area contributed by atoms with Crippen LogP contribution in [0.2, 0.25) is 0 Å². The molecule has 0 spiro atoms. The van der Waals surface area contributed by atoms with Crippen LogP contribution in [-0.4, -0.2) is 277 Å². The molecule has 1 aliphatic heterocycles. The average Bonchev–Trinajstić information content (AvgIpc) is 1.63. The van der Waals surface area contributed by atoms with Gasteiger partial charge in [-0.15, -0.1) is 0 Å². The van der Waals surface area contributed by atoms with E-state index in [1.165, 1.54) is 54.1 Å². The monoisotopic (exact) mass is 1500 g/mol. The average molecular weight is 1500 g/mol. The van der Waals surface area contributed by atoms with Crippen LogP contribution in [0.5, 0.6) is 0 Å². The van der Waals surface area contributed by atoms with Gasteiger partial charge in [-0.05, 0) is 73.8 Å². The zero-order valence-electron chi connectivity index (χ0n) is 60.0. The van der Waals surface area contributed by atoms with Crippen LogP contribution in [0.3, 0.4) is 0 Å². The molecule has 38 nitrogen and oxygen atoms in total. The Labute approximate surface area is 614 Å². The van der Waals surface area contributed by atoms with Crippen LogP contribution >= 0.6 is 11.8 Å². The zero-order valence-corrected chi connectivity index (χ0v) is 60.8. The van der Waals surface area contributed by atoms with Crippen LogP contribution in [0.4, 0.5) is 5.69 Å². The number of hydrogen-bond acceptors (Lipinski definition) is 23. The fourth-order valence-electron chi connectivity index (χ4n) is 11.4. The van der Waals surface area contributed by atoms with E-state index in [1.54, 1.807) is 57.7 Å². The number of carbonyl (C=O) groups excluding carboxylic acids is 11. The van der Waals surface area contributed by atoms with Gasteiger partial charge in [-0.25, -0.2) is 4.98 Å². The van der Waals surface area contributed by atoms with Crippen molar-refractivity contribution < 1.29 is 87.4 Å². The van der Waals surface area contributed by atoms with Crippen LogP contribution in [-0.2, 0) is 76.9 Å². The summed E-state index contributed by atoms with van der Waals surface area (Å²) in [5.41, 5.74) is 17.1. The van der Waals surface area contributed by atoms with Gasteiger partial charge in [0.05, 0.1) is 55.5 Å². The predicted molar refractivity (Wildman–Crippen MR) is 385 cm³/mol. The number of carboxylic acids is 3. The number of thioether (sulfide) groups is 1. The number of nitrogens with two attached hydrogens (primary N) is 3. The van der Waals surface area contributed by atoms with Gasteiger partial charge in [-0.1, -0.05) is 45.9 Å². The Morgan fingerprint density at radius 3 is 1.72 bits per heavy atom. The highest BCUT2D eigenvalue weighted by atomic mass is 32.2. The van der Waals surface area contributed by atoms with Gasteiger partial charge >= 0.3 is 17.9 Å². The number of para-hydroxylation sites is 1. The van der Waals surface area contributed by atoms with Gasteiger partial charge in [-0.3, -0.25) is 101 Å². The summed E-state index contributed by atoms with van der Waals surface area (Å²) in [6.07, 6.45) is 5.42. The van der Waals surface area contributed by atoms with E-state index >= 15 is 0 Å². The molecule has 0 unspecified atom stereocenters. The number of aromatic amines is 1. The smallest absolute Gasteiger partial charge is 0.317 e. The maximum absolute atomic E-state index is 14.7. The number of nitrogens with one attached hydrogen (secondary N) is 9. The maximum Gasteiger partial charge on any atom is 0.317 e. The Kier molecular flexibility index (Phi) is 34.5. The maximum atomic E-state index is 14.7. The Bertz CT molecular complexity index is 3750. The van der Waals surface area contributed by atoms with E-state index in [1.807, 2.05) is 20.1 Å². The molecule has 0 bridgehead atoms. The van der Waals surface area contributed by atoms with E-state index in [0.29, 0.717) is 22.3 Å². The number of primary amides is 2. The highest BCUT2D eigenvalue weighted by Gasteiger charge is 2.35. The lowest BCUT2D eigenvalue weighted by Gasteiger charge is -2.32. The van der Waals surface area contributed by atoms with Crippen molar-refractivity contribution >= 4 is 111 Å². The number of H-pyrrole nitrogens is 1.